The maximum Gasteiger partial charge on any atom is 0.329 e. The quantitative estimate of drug-likeness (QED) is 0.217. The van der Waals surface area contributed by atoms with Gasteiger partial charge in [-0.2, -0.15) is 23.5 Å². The van der Waals surface area contributed by atoms with E-state index in [2.05, 4.69) is 16.0 Å². The van der Waals surface area contributed by atoms with Crippen LogP contribution in [0.4, 0.5) is 0 Å². The minimum atomic E-state index is -0.882. The lowest BCUT2D eigenvalue weighted by atomic mass is 10.2. The number of methoxy groups -OCH3 is 1. The fourth-order valence-corrected chi connectivity index (χ4v) is 5.77. The summed E-state index contributed by atoms with van der Waals surface area (Å²) in [5.41, 5.74) is 2.70. The summed E-state index contributed by atoms with van der Waals surface area (Å²) in [6, 6.07) is 26.6. The molecule has 8 nitrogen and oxygen atoms in total. The number of carbonyl (C=O) groups is 4. The monoisotopic (exact) mass is 593 g/mol. The molecular weight excluding hydrogens is 558 g/mol. The Bertz CT molecular complexity index is 1250. The summed E-state index contributed by atoms with van der Waals surface area (Å²) in [6.07, 6.45) is -0.000929. The summed E-state index contributed by atoms with van der Waals surface area (Å²) in [5.74, 6) is 0.261. The number of benzene rings is 3. The number of hydrogen-bond donors (Lipinski definition) is 3. The largest absolute Gasteiger partial charge is 0.467 e. The summed E-state index contributed by atoms with van der Waals surface area (Å²) in [6.45, 7) is 0.117. The molecule has 0 saturated carbocycles. The number of esters is 1. The number of carbonyl (C=O) groups excluding carboxylic acids is 4. The van der Waals surface area contributed by atoms with Crippen molar-refractivity contribution in [3.8, 4) is 0 Å². The molecule has 3 N–H and O–H groups in total. The molecule has 41 heavy (non-hydrogen) atoms. The number of thioether (sulfide) groups is 2. The van der Waals surface area contributed by atoms with E-state index in [1.54, 1.807) is 24.3 Å². The molecule has 3 rings (SSSR count). The number of rotatable bonds is 16. The van der Waals surface area contributed by atoms with Crippen molar-refractivity contribution in [3.63, 3.8) is 0 Å². The van der Waals surface area contributed by atoms with E-state index in [9.17, 15) is 19.2 Å². The topological polar surface area (TPSA) is 114 Å². The van der Waals surface area contributed by atoms with Crippen molar-refractivity contribution in [2.24, 2.45) is 0 Å². The second-order valence-electron chi connectivity index (χ2n) is 9.08. The van der Waals surface area contributed by atoms with Gasteiger partial charge >= 0.3 is 5.97 Å². The van der Waals surface area contributed by atoms with Crippen LogP contribution in [-0.4, -0.2) is 60.9 Å². The molecule has 3 aromatic rings. The highest BCUT2D eigenvalue weighted by molar-refractivity contribution is 7.98. The van der Waals surface area contributed by atoms with Gasteiger partial charge in [0.1, 0.15) is 12.1 Å². The minimum absolute atomic E-state index is 0.000929. The Hall–Kier alpha value is -3.76. The van der Waals surface area contributed by atoms with Gasteiger partial charge in [-0.1, -0.05) is 78.9 Å². The highest BCUT2D eigenvalue weighted by Gasteiger charge is 2.27. The van der Waals surface area contributed by atoms with Crippen molar-refractivity contribution in [3.05, 3.63) is 108 Å². The van der Waals surface area contributed by atoms with E-state index in [1.807, 2.05) is 66.7 Å². The second kappa shape index (κ2) is 17.8. The fourth-order valence-electron chi connectivity index (χ4n) is 3.75. The lowest BCUT2D eigenvalue weighted by Crippen LogP contribution is -2.53. The van der Waals surface area contributed by atoms with Gasteiger partial charge in [-0.3, -0.25) is 14.4 Å². The van der Waals surface area contributed by atoms with E-state index in [4.69, 9.17) is 4.74 Å². The van der Waals surface area contributed by atoms with Crippen molar-refractivity contribution < 1.29 is 23.9 Å². The molecule has 0 heterocycles. The van der Waals surface area contributed by atoms with Crippen LogP contribution in [0.2, 0.25) is 0 Å². The Morgan fingerprint density at radius 2 is 1.22 bits per heavy atom. The van der Waals surface area contributed by atoms with Gasteiger partial charge in [0.05, 0.1) is 7.11 Å². The van der Waals surface area contributed by atoms with Gasteiger partial charge in [-0.25, -0.2) is 4.79 Å². The molecule has 0 aliphatic heterocycles. The van der Waals surface area contributed by atoms with Gasteiger partial charge in [0, 0.05) is 41.5 Å². The van der Waals surface area contributed by atoms with Gasteiger partial charge in [0.25, 0.3) is 5.91 Å². The standard InChI is InChI=1S/C31H35N3O5S2/c1-39-31(38)27(22-41-20-24-13-7-3-8-14-24)34-30(37)26(21-40-19-23-11-5-2-6-12-23)33-28(35)17-18-32-29(36)25-15-9-4-10-16-25/h2-16,26-27H,17-22H2,1H3,(H,32,36)(H,33,35)(H,34,37)/t26-,27-/m1/s1. The van der Waals surface area contributed by atoms with Gasteiger partial charge < -0.3 is 20.7 Å². The van der Waals surface area contributed by atoms with Crippen LogP contribution in [-0.2, 0) is 30.6 Å². The molecule has 0 unspecified atom stereocenters. The van der Waals surface area contributed by atoms with Crippen molar-refractivity contribution in [2.45, 2.75) is 30.0 Å². The van der Waals surface area contributed by atoms with E-state index < -0.39 is 24.0 Å². The maximum absolute atomic E-state index is 13.3. The van der Waals surface area contributed by atoms with Crippen molar-refractivity contribution >= 4 is 47.2 Å². The molecule has 0 spiro atoms. The van der Waals surface area contributed by atoms with E-state index >= 15 is 0 Å². The third kappa shape index (κ3) is 11.7. The van der Waals surface area contributed by atoms with Crippen LogP contribution in [0.25, 0.3) is 0 Å². The lowest BCUT2D eigenvalue weighted by Gasteiger charge is -2.22. The highest BCUT2D eigenvalue weighted by Crippen LogP contribution is 2.15. The Labute approximate surface area is 249 Å². The molecule has 216 valence electrons. The Kier molecular flexibility index (Phi) is 13.8. The molecule has 0 aliphatic rings. The molecular formula is C31H35N3O5S2. The lowest BCUT2D eigenvalue weighted by molar-refractivity contribution is -0.144. The van der Waals surface area contributed by atoms with Crippen molar-refractivity contribution in [2.75, 3.05) is 25.2 Å². The molecule has 0 radical (unpaired) electrons. The van der Waals surface area contributed by atoms with E-state index in [0.717, 1.165) is 11.1 Å². The number of hydrogen-bond acceptors (Lipinski definition) is 7. The number of amides is 3. The summed E-state index contributed by atoms with van der Waals surface area (Å²) in [7, 11) is 1.28. The normalized spacial score (nSPS) is 12.0. The molecule has 10 heteroatoms. The first-order valence-electron chi connectivity index (χ1n) is 13.2. The summed E-state index contributed by atoms with van der Waals surface area (Å²) in [4.78, 5) is 50.8. The predicted octanol–water partition coefficient (Wildman–Crippen LogP) is 3.82. The zero-order valence-corrected chi connectivity index (χ0v) is 24.5. The smallest absolute Gasteiger partial charge is 0.329 e. The molecule has 3 aromatic carbocycles. The summed E-state index contributed by atoms with van der Waals surface area (Å²) >= 11 is 3.01. The summed E-state index contributed by atoms with van der Waals surface area (Å²) < 4.78 is 4.93. The van der Waals surface area contributed by atoms with Crippen LogP contribution in [0, 0.1) is 0 Å². The first kappa shape index (κ1) is 31.8. The Morgan fingerprint density at radius 3 is 1.76 bits per heavy atom. The molecule has 0 bridgehead atoms. The second-order valence-corrected chi connectivity index (χ2v) is 11.1. The van der Waals surface area contributed by atoms with Crippen LogP contribution in [0.5, 0.6) is 0 Å². The minimum Gasteiger partial charge on any atom is -0.467 e. The Balaban J connectivity index is 1.57. The zero-order chi connectivity index (χ0) is 29.3. The van der Waals surface area contributed by atoms with Crippen LogP contribution < -0.4 is 16.0 Å². The molecule has 0 aliphatic carbocycles. The highest BCUT2D eigenvalue weighted by atomic mass is 32.2. The first-order valence-corrected chi connectivity index (χ1v) is 15.5. The molecule has 0 fully saturated rings. The van der Waals surface area contributed by atoms with Crippen LogP contribution in [0.1, 0.15) is 27.9 Å². The maximum atomic E-state index is 13.3. The van der Waals surface area contributed by atoms with Gasteiger partial charge in [0.2, 0.25) is 11.8 Å². The first-order chi connectivity index (χ1) is 20.0. The third-order valence-electron chi connectivity index (χ3n) is 5.92. The van der Waals surface area contributed by atoms with Crippen molar-refractivity contribution in [1.82, 2.24) is 16.0 Å². The summed E-state index contributed by atoms with van der Waals surface area (Å²) in [5, 5.41) is 8.27. The van der Waals surface area contributed by atoms with Crippen molar-refractivity contribution in [1.29, 1.82) is 0 Å². The molecule has 0 saturated heterocycles. The molecule has 0 aromatic heterocycles. The SMILES string of the molecule is COC(=O)[C@@H](CSCc1ccccc1)NC(=O)[C@@H](CSCc1ccccc1)NC(=O)CCNC(=O)c1ccccc1. The van der Waals surface area contributed by atoms with Crippen LogP contribution in [0.3, 0.4) is 0 Å². The van der Waals surface area contributed by atoms with E-state index in [0.29, 0.717) is 28.6 Å². The van der Waals surface area contributed by atoms with E-state index in [-0.39, 0.29) is 24.8 Å². The average molecular weight is 594 g/mol. The predicted molar refractivity (Wildman–Crippen MR) is 164 cm³/mol. The molecule has 3 amide bonds. The van der Waals surface area contributed by atoms with Crippen LogP contribution in [0.15, 0.2) is 91.0 Å². The van der Waals surface area contributed by atoms with Crippen LogP contribution >= 0.6 is 23.5 Å². The number of nitrogens with one attached hydrogen (secondary N) is 3. The molecule has 2 atom stereocenters. The number of ether oxygens (including phenoxy) is 1. The van der Waals surface area contributed by atoms with Gasteiger partial charge in [-0.05, 0) is 23.3 Å². The zero-order valence-electron chi connectivity index (χ0n) is 22.9. The third-order valence-corrected chi connectivity index (χ3v) is 8.13. The van der Waals surface area contributed by atoms with Gasteiger partial charge in [0.15, 0.2) is 0 Å². The van der Waals surface area contributed by atoms with E-state index in [1.165, 1.54) is 30.6 Å². The Morgan fingerprint density at radius 1 is 0.707 bits per heavy atom. The average Bonchev–Trinajstić information content (AvgIpc) is 3.01. The fraction of sp³-hybridized carbons (Fsp3) is 0.290. The van der Waals surface area contributed by atoms with Gasteiger partial charge in [-0.15, -0.1) is 0 Å².